The summed E-state index contributed by atoms with van der Waals surface area (Å²) in [5.74, 6) is 1.03. The maximum atomic E-state index is 12.6. The second-order valence-electron chi connectivity index (χ2n) is 6.73. The lowest BCUT2D eigenvalue weighted by Crippen LogP contribution is -2.36. The van der Waals surface area contributed by atoms with Gasteiger partial charge in [-0.25, -0.2) is 4.98 Å². The summed E-state index contributed by atoms with van der Waals surface area (Å²) in [4.78, 5) is 31.7. The zero-order valence-corrected chi connectivity index (χ0v) is 16.3. The minimum Gasteiger partial charge on any atom is -0.497 e. The van der Waals surface area contributed by atoms with Gasteiger partial charge in [-0.3, -0.25) is 14.2 Å². The smallest absolute Gasteiger partial charge is 0.255 e. The number of benzene rings is 1. The molecule has 0 spiro atoms. The molecule has 150 valence electrons. The van der Waals surface area contributed by atoms with Gasteiger partial charge in [0.05, 0.1) is 19.4 Å². The highest BCUT2D eigenvalue weighted by Gasteiger charge is 2.20. The van der Waals surface area contributed by atoms with E-state index in [1.54, 1.807) is 14.2 Å². The first-order chi connectivity index (χ1) is 13.6. The highest BCUT2D eigenvalue weighted by molar-refractivity contribution is 5.76. The van der Waals surface area contributed by atoms with E-state index in [4.69, 9.17) is 9.47 Å². The Kier molecular flexibility index (Phi) is 6.65. The monoisotopic (exact) mass is 386 g/mol. The Balaban J connectivity index is 1.74. The highest BCUT2D eigenvalue weighted by Crippen LogP contribution is 2.17. The van der Waals surface area contributed by atoms with Crippen molar-refractivity contribution < 1.29 is 14.3 Å². The van der Waals surface area contributed by atoms with Gasteiger partial charge in [0.2, 0.25) is 11.9 Å². The maximum Gasteiger partial charge on any atom is 0.255 e. The number of aromatic nitrogens is 2. The Hall–Kier alpha value is -2.87. The molecular formula is C20H26N4O4. The average Bonchev–Trinajstić information content (AvgIpc) is 3.23. The number of hydrogen-bond acceptors (Lipinski definition) is 6. The summed E-state index contributed by atoms with van der Waals surface area (Å²) in [5, 5.41) is 2.86. The summed E-state index contributed by atoms with van der Waals surface area (Å²) in [6, 6.07) is 8.92. The number of anilines is 1. The molecule has 1 fully saturated rings. The molecule has 8 heteroatoms. The van der Waals surface area contributed by atoms with Crippen LogP contribution in [0.1, 0.15) is 24.1 Å². The van der Waals surface area contributed by atoms with Crippen molar-refractivity contribution in [1.29, 1.82) is 0 Å². The molecular weight excluding hydrogens is 360 g/mol. The molecule has 1 aromatic carbocycles. The number of rotatable bonds is 8. The van der Waals surface area contributed by atoms with Crippen molar-refractivity contribution in [1.82, 2.24) is 14.9 Å². The van der Waals surface area contributed by atoms with Crippen molar-refractivity contribution in [3.8, 4) is 5.75 Å². The van der Waals surface area contributed by atoms with Gasteiger partial charge in [-0.1, -0.05) is 12.1 Å². The van der Waals surface area contributed by atoms with Crippen molar-refractivity contribution in [2.24, 2.45) is 0 Å². The number of amides is 1. The zero-order valence-electron chi connectivity index (χ0n) is 16.3. The van der Waals surface area contributed by atoms with Gasteiger partial charge in [-0.15, -0.1) is 0 Å². The van der Waals surface area contributed by atoms with Crippen LogP contribution in [0.25, 0.3) is 0 Å². The van der Waals surface area contributed by atoms with E-state index in [0.29, 0.717) is 18.2 Å². The third-order valence-corrected chi connectivity index (χ3v) is 4.65. The minimum atomic E-state index is -0.250. The summed E-state index contributed by atoms with van der Waals surface area (Å²) in [6.45, 7) is 2.20. The molecule has 0 saturated carbocycles. The Morgan fingerprint density at radius 3 is 2.71 bits per heavy atom. The van der Waals surface area contributed by atoms with E-state index in [2.05, 4.69) is 15.2 Å². The SMILES string of the molecule is COCc1cc(=O)n(CC(=O)NCc2cccc(OC)c2)c(N2CCCC2)n1. The predicted octanol–water partition coefficient (Wildman–Crippen LogP) is 1.31. The van der Waals surface area contributed by atoms with Gasteiger partial charge in [-0.05, 0) is 30.5 Å². The number of carbonyl (C=O) groups excluding carboxylic acids is 1. The molecule has 1 aliphatic rings. The largest absolute Gasteiger partial charge is 0.497 e. The van der Waals surface area contributed by atoms with Crippen LogP contribution < -0.4 is 20.5 Å². The van der Waals surface area contributed by atoms with Crippen LogP contribution in [0, 0.1) is 0 Å². The van der Waals surface area contributed by atoms with E-state index in [0.717, 1.165) is 37.2 Å². The summed E-state index contributed by atoms with van der Waals surface area (Å²) in [5.41, 5.74) is 1.25. The number of nitrogens with zero attached hydrogens (tertiary/aromatic N) is 3. The molecule has 8 nitrogen and oxygen atoms in total. The van der Waals surface area contributed by atoms with Crippen molar-refractivity contribution in [2.45, 2.75) is 32.5 Å². The number of methoxy groups -OCH3 is 2. The molecule has 0 aliphatic carbocycles. The van der Waals surface area contributed by atoms with Crippen LogP contribution in [0.15, 0.2) is 35.1 Å². The van der Waals surface area contributed by atoms with Gasteiger partial charge < -0.3 is 19.7 Å². The molecule has 1 saturated heterocycles. The summed E-state index contributed by atoms with van der Waals surface area (Å²) >= 11 is 0. The van der Waals surface area contributed by atoms with Gasteiger partial charge in [-0.2, -0.15) is 0 Å². The summed E-state index contributed by atoms with van der Waals surface area (Å²) in [6.07, 6.45) is 2.10. The molecule has 2 heterocycles. The summed E-state index contributed by atoms with van der Waals surface area (Å²) in [7, 11) is 3.17. The van der Waals surface area contributed by atoms with Crippen molar-refractivity contribution in [3.63, 3.8) is 0 Å². The third kappa shape index (κ3) is 4.89. The Labute approximate surface area is 164 Å². The van der Waals surface area contributed by atoms with Gasteiger partial charge >= 0.3 is 0 Å². The molecule has 1 aliphatic heterocycles. The highest BCUT2D eigenvalue weighted by atomic mass is 16.5. The van der Waals surface area contributed by atoms with E-state index in [1.165, 1.54) is 10.6 Å². The first-order valence-corrected chi connectivity index (χ1v) is 9.35. The Morgan fingerprint density at radius 2 is 2.00 bits per heavy atom. The molecule has 1 aromatic heterocycles. The van der Waals surface area contributed by atoms with E-state index in [-0.39, 0.29) is 24.6 Å². The summed E-state index contributed by atoms with van der Waals surface area (Å²) < 4.78 is 11.7. The molecule has 0 radical (unpaired) electrons. The molecule has 2 aromatic rings. The first-order valence-electron chi connectivity index (χ1n) is 9.35. The van der Waals surface area contributed by atoms with E-state index >= 15 is 0 Å². The average molecular weight is 386 g/mol. The lowest BCUT2D eigenvalue weighted by molar-refractivity contribution is -0.121. The van der Waals surface area contributed by atoms with E-state index in [1.807, 2.05) is 24.3 Å². The topological polar surface area (TPSA) is 85.7 Å². The Bertz CT molecular complexity index is 875. The maximum absolute atomic E-state index is 12.6. The second-order valence-corrected chi connectivity index (χ2v) is 6.73. The van der Waals surface area contributed by atoms with Crippen LogP contribution in [-0.2, 0) is 29.2 Å². The minimum absolute atomic E-state index is 0.0745. The fraction of sp³-hybridized carbons (Fsp3) is 0.450. The number of hydrogen-bond donors (Lipinski definition) is 1. The first kappa shape index (κ1) is 19.9. The van der Waals surface area contributed by atoms with Gasteiger partial charge in [0.25, 0.3) is 5.56 Å². The van der Waals surface area contributed by atoms with Crippen LogP contribution in [0.4, 0.5) is 5.95 Å². The van der Waals surface area contributed by atoms with Crippen LogP contribution in [-0.4, -0.2) is 42.8 Å². The van der Waals surface area contributed by atoms with E-state index < -0.39 is 0 Å². The van der Waals surface area contributed by atoms with Gasteiger partial charge in [0, 0.05) is 32.8 Å². The second kappa shape index (κ2) is 9.36. The van der Waals surface area contributed by atoms with Crippen molar-refractivity contribution in [3.05, 3.63) is 51.9 Å². The lowest BCUT2D eigenvalue weighted by Gasteiger charge is -2.21. The van der Waals surface area contributed by atoms with Gasteiger partial charge in [0.1, 0.15) is 12.3 Å². The molecule has 0 bridgehead atoms. The Morgan fingerprint density at radius 1 is 1.21 bits per heavy atom. The third-order valence-electron chi connectivity index (χ3n) is 4.65. The lowest BCUT2D eigenvalue weighted by atomic mass is 10.2. The molecule has 1 amide bonds. The van der Waals surface area contributed by atoms with Crippen molar-refractivity contribution >= 4 is 11.9 Å². The molecule has 0 atom stereocenters. The standard InChI is InChI=1S/C20H26N4O4/c1-27-14-16-11-19(26)24(20(22-16)23-8-3-4-9-23)13-18(25)21-12-15-6-5-7-17(10-15)28-2/h5-7,10-11H,3-4,8-9,12-14H2,1-2H3,(H,21,25). The zero-order chi connectivity index (χ0) is 19.9. The van der Waals surface area contributed by atoms with Crippen LogP contribution in [0.5, 0.6) is 5.75 Å². The van der Waals surface area contributed by atoms with Crippen molar-refractivity contribution in [2.75, 3.05) is 32.2 Å². The van der Waals surface area contributed by atoms with Crippen LogP contribution >= 0.6 is 0 Å². The van der Waals surface area contributed by atoms with Crippen LogP contribution in [0.3, 0.4) is 0 Å². The fourth-order valence-electron chi connectivity index (χ4n) is 3.25. The van der Waals surface area contributed by atoms with E-state index in [9.17, 15) is 9.59 Å². The normalized spacial score (nSPS) is 13.6. The van der Waals surface area contributed by atoms with Gasteiger partial charge in [0.15, 0.2) is 0 Å². The van der Waals surface area contributed by atoms with Crippen LogP contribution in [0.2, 0.25) is 0 Å². The molecule has 28 heavy (non-hydrogen) atoms. The molecule has 0 unspecified atom stereocenters. The fourth-order valence-corrected chi connectivity index (χ4v) is 3.25. The quantitative estimate of drug-likeness (QED) is 0.736. The molecule has 1 N–H and O–H groups in total. The number of carbonyl (C=O) groups is 1. The predicted molar refractivity (Wildman–Crippen MR) is 105 cm³/mol. The number of nitrogens with one attached hydrogen (secondary N) is 1. The molecule has 3 rings (SSSR count). The number of ether oxygens (including phenoxy) is 2.